The van der Waals surface area contributed by atoms with Gasteiger partial charge < -0.3 is 19.7 Å². The third-order valence-electron chi connectivity index (χ3n) is 3.97. The van der Waals surface area contributed by atoms with Crippen LogP contribution < -0.4 is 5.32 Å². The molecule has 0 aromatic carbocycles. The Hall–Kier alpha value is -0.200. The summed E-state index contributed by atoms with van der Waals surface area (Å²) in [6.07, 6.45) is -0.152. The normalized spacial score (nSPS) is 20.4. The molecule has 1 aliphatic rings. The Morgan fingerprint density at radius 2 is 1.58 bits per heavy atom. The van der Waals surface area contributed by atoms with Gasteiger partial charge in [-0.3, -0.25) is 4.90 Å². The minimum Gasteiger partial charge on any atom is -0.355 e. The van der Waals surface area contributed by atoms with Gasteiger partial charge in [0.2, 0.25) is 0 Å². The molecule has 1 atom stereocenters. The van der Waals surface area contributed by atoms with Crippen LogP contribution in [0.4, 0.5) is 0 Å². The van der Waals surface area contributed by atoms with Gasteiger partial charge in [0, 0.05) is 59.5 Å². The molecule has 19 heavy (non-hydrogen) atoms. The summed E-state index contributed by atoms with van der Waals surface area (Å²) in [7, 11) is 5.55. The third-order valence-corrected chi connectivity index (χ3v) is 3.97. The molecule has 0 amide bonds. The summed E-state index contributed by atoms with van der Waals surface area (Å²) in [4.78, 5) is 5.00. The van der Waals surface area contributed by atoms with Gasteiger partial charge in [0.15, 0.2) is 6.29 Å². The fourth-order valence-electron chi connectivity index (χ4n) is 2.55. The smallest absolute Gasteiger partial charge is 0.169 e. The number of nitrogens with one attached hydrogen (secondary N) is 1. The molecule has 1 saturated heterocycles. The van der Waals surface area contributed by atoms with Crippen molar-refractivity contribution in [2.75, 3.05) is 60.5 Å². The van der Waals surface area contributed by atoms with Crippen molar-refractivity contribution < 1.29 is 9.47 Å². The highest BCUT2D eigenvalue weighted by Gasteiger charge is 2.24. The van der Waals surface area contributed by atoms with Crippen molar-refractivity contribution in [2.24, 2.45) is 5.92 Å². The highest BCUT2D eigenvalue weighted by atomic mass is 16.7. The summed E-state index contributed by atoms with van der Waals surface area (Å²) in [5, 5.41) is 3.47. The molecule has 5 heteroatoms. The largest absolute Gasteiger partial charge is 0.355 e. The predicted molar refractivity (Wildman–Crippen MR) is 78.4 cm³/mol. The van der Waals surface area contributed by atoms with Gasteiger partial charge in [-0.05, 0) is 13.0 Å². The molecule has 0 saturated carbocycles. The number of hydrogen-bond acceptors (Lipinski definition) is 5. The number of piperazine rings is 1. The Morgan fingerprint density at radius 1 is 1.00 bits per heavy atom. The number of nitrogens with zero attached hydrogens (tertiary/aromatic N) is 2. The zero-order valence-electron chi connectivity index (χ0n) is 13.2. The SMILES string of the molecule is COC(CNCC(C(C)C)N1CCN(C)CC1)OC. The highest BCUT2D eigenvalue weighted by molar-refractivity contribution is 4.81. The molecule has 0 spiro atoms. The lowest BCUT2D eigenvalue weighted by Gasteiger charge is -2.40. The molecule has 0 radical (unpaired) electrons. The molecule has 0 aromatic heterocycles. The first-order valence-electron chi connectivity index (χ1n) is 7.27. The van der Waals surface area contributed by atoms with E-state index in [0.717, 1.165) is 13.1 Å². The second-order valence-corrected chi connectivity index (χ2v) is 5.71. The molecular formula is C14H31N3O2. The second kappa shape index (κ2) is 8.87. The first-order valence-corrected chi connectivity index (χ1v) is 7.27. The van der Waals surface area contributed by atoms with Crippen LogP contribution in [0.3, 0.4) is 0 Å². The molecule has 1 unspecified atom stereocenters. The molecule has 1 rings (SSSR count). The van der Waals surface area contributed by atoms with Crippen LogP contribution in [0.15, 0.2) is 0 Å². The zero-order valence-corrected chi connectivity index (χ0v) is 13.2. The standard InChI is InChI=1S/C14H31N3O2/c1-12(2)13(10-15-11-14(18-4)19-5)17-8-6-16(3)7-9-17/h12-15H,6-11H2,1-5H3. The molecule has 1 N–H and O–H groups in total. The summed E-state index contributed by atoms with van der Waals surface area (Å²) in [5.41, 5.74) is 0. The Labute approximate surface area is 118 Å². The van der Waals surface area contributed by atoms with Crippen LogP contribution in [0.5, 0.6) is 0 Å². The lowest BCUT2D eigenvalue weighted by atomic mass is 10.0. The van der Waals surface area contributed by atoms with Crippen molar-refractivity contribution in [3.63, 3.8) is 0 Å². The fraction of sp³-hybridized carbons (Fsp3) is 1.00. The van der Waals surface area contributed by atoms with Crippen LogP contribution >= 0.6 is 0 Å². The average Bonchev–Trinajstić information content (AvgIpc) is 2.40. The summed E-state index contributed by atoms with van der Waals surface area (Å²) in [6, 6.07) is 0.586. The molecule has 1 heterocycles. The van der Waals surface area contributed by atoms with Gasteiger partial charge in [-0.25, -0.2) is 0 Å². The van der Waals surface area contributed by atoms with Crippen molar-refractivity contribution in [1.82, 2.24) is 15.1 Å². The Kier molecular flexibility index (Phi) is 7.87. The van der Waals surface area contributed by atoms with E-state index in [0.29, 0.717) is 12.0 Å². The topological polar surface area (TPSA) is 37.0 Å². The Morgan fingerprint density at radius 3 is 2.05 bits per heavy atom. The van der Waals surface area contributed by atoms with E-state index in [2.05, 4.69) is 36.0 Å². The molecular weight excluding hydrogens is 242 g/mol. The average molecular weight is 273 g/mol. The molecule has 0 aliphatic carbocycles. The Bertz CT molecular complexity index is 227. The summed E-state index contributed by atoms with van der Waals surface area (Å²) in [6.45, 7) is 11.0. The fourth-order valence-corrected chi connectivity index (χ4v) is 2.55. The van der Waals surface area contributed by atoms with Gasteiger partial charge in [0.1, 0.15) is 0 Å². The number of hydrogen-bond donors (Lipinski definition) is 1. The van der Waals surface area contributed by atoms with E-state index in [4.69, 9.17) is 9.47 Å². The summed E-state index contributed by atoms with van der Waals surface area (Å²) >= 11 is 0. The van der Waals surface area contributed by atoms with E-state index in [1.165, 1.54) is 26.2 Å². The van der Waals surface area contributed by atoms with E-state index in [-0.39, 0.29) is 6.29 Å². The molecule has 5 nitrogen and oxygen atoms in total. The zero-order chi connectivity index (χ0) is 14.3. The molecule has 0 bridgehead atoms. The Balaban J connectivity index is 2.36. The van der Waals surface area contributed by atoms with E-state index in [9.17, 15) is 0 Å². The lowest BCUT2D eigenvalue weighted by Crippen LogP contribution is -2.54. The quantitative estimate of drug-likeness (QED) is 0.651. The van der Waals surface area contributed by atoms with Gasteiger partial charge in [-0.2, -0.15) is 0 Å². The minimum absolute atomic E-state index is 0.152. The maximum Gasteiger partial charge on any atom is 0.169 e. The van der Waals surface area contributed by atoms with Crippen molar-refractivity contribution in [2.45, 2.75) is 26.2 Å². The van der Waals surface area contributed by atoms with Crippen LogP contribution in [0.1, 0.15) is 13.8 Å². The first kappa shape index (κ1) is 16.9. The molecule has 1 aliphatic heterocycles. The van der Waals surface area contributed by atoms with Gasteiger partial charge in [-0.1, -0.05) is 13.8 Å². The van der Waals surface area contributed by atoms with E-state index in [1.54, 1.807) is 14.2 Å². The number of likely N-dealkylation sites (N-methyl/N-ethyl adjacent to an activating group) is 1. The van der Waals surface area contributed by atoms with Gasteiger partial charge >= 0.3 is 0 Å². The van der Waals surface area contributed by atoms with Crippen molar-refractivity contribution in [3.05, 3.63) is 0 Å². The van der Waals surface area contributed by atoms with E-state index < -0.39 is 0 Å². The van der Waals surface area contributed by atoms with E-state index in [1.807, 2.05) is 0 Å². The van der Waals surface area contributed by atoms with Crippen LogP contribution in [-0.2, 0) is 9.47 Å². The summed E-state index contributed by atoms with van der Waals surface area (Å²) < 4.78 is 10.4. The third kappa shape index (κ3) is 5.75. The van der Waals surface area contributed by atoms with Gasteiger partial charge in [-0.15, -0.1) is 0 Å². The maximum atomic E-state index is 5.20. The number of rotatable bonds is 8. The van der Waals surface area contributed by atoms with Gasteiger partial charge in [0.05, 0.1) is 0 Å². The van der Waals surface area contributed by atoms with Crippen LogP contribution in [-0.4, -0.2) is 82.7 Å². The highest BCUT2D eigenvalue weighted by Crippen LogP contribution is 2.12. The van der Waals surface area contributed by atoms with Crippen molar-refractivity contribution in [1.29, 1.82) is 0 Å². The van der Waals surface area contributed by atoms with Crippen LogP contribution in [0.25, 0.3) is 0 Å². The van der Waals surface area contributed by atoms with Crippen LogP contribution in [0, 0.1) is 5.92 Å². The maximum absolute atomic E-state index is 5.20. The minimum atomic E-state index is -0.152. The van der Waals surface area contributed by atoms with Crippen LogP contribution in [0.2, 0.25) is 0 Å². The van der Waals surface area contributed by atoms with Crippen molar-refractivity contribution >= 4 is 0 Å². The lowest BCUT2D eigenvalue weighted by molar-refractivity contribution is -0.0994. The molecule has 114 valence electrons. The number of ether oxygens (including phenoxy) is 2. The predicted octanol–water partition coefficient (Wildman–Crippen LogP) is 0.467. The second-order valence-electron chi connectivity index (χ2n) is 5.71. The van der Waals surface area contributed by atoms with E-state index >= 15 is 0 Å². The van der Waals surface area contributed by atoms with Crippen molar-refractivity contribution in [3.8, 4) is 0 Å². The monoisotopic (exact) mass is 273 g/mol. The summed E-state index contributed by atoms with van der Waals surface area (Å²) in [5.74, 6) is 0.652. The molecule has 0 aromatic rings. The number of methoxy groups -OCH3 is 2. The first-order chi connectivity index (χ1) is 9.08. The van der Waals surface area contributed by atoms with Gasteiger partial charge in [0.25, 0.3) is 0 Å². The molecule has 1 fully saturated rings.